The van der Waals surface area contributed by atoms with Crippen molar-refractivity contribution in [2.24, 2.45) is 16.8 Å². The fourth-order valence-corrected chi connectivity index (χ4v) is 3.82. The lowest BCUT2D eigenvalue weighted by Gasteiger charge is -2.44. The molecule has 3 unspecified atom stereocenters. The van der Waals surface area contributed by atoms with Crippen LogP contribution < -0.4 is 0 Å². The molecule has 1 saturated carbocycles. The summed E-state index contributed by atoms with van der Waals surface area (Å²) in [7, 11) is 6.15. The van der Waals surface area contributed by atoms with E-state index in [1.165, 1.54) is 50.9 Å². The minimum Gasteiger partial charge on any atom is -0.358 e. The van der Waals surface area contributed by atoms with Gasteiger partial charge in [0.1, 0.15) is 5.84 Å². The normalized spacial score (nSPS) is 35.1. The minimum absolute atomic E-state index is 0.440. The van der Waals surface area contributed by atoms with Crippen molar-refractivity contribution in [2.45, 2.75) is 71.2 Å². The monoisotopic (exact) mass is 260 g/mol. The maximum atomic E-state index is 6.15. The number of fused-ring (bicyclic) bond motifs is 1. The highest BCUT2D eigenvalue weighted by Crippen LogP contribution is 2.38. The van der Waals surface area contributed by atoms with Crippen molar-refractivity contribution in [1.29, 1.82) is 0 Å². The predicted octanol–water partition coefficient (Wildman–Crippen LogP) is 3.67. The van der Waals surface area contributed by atoms with Crippen molar-refractivity contribution in [3.63, 3.8) is 0 Å². The average Bonchev–Trinajstić information content (AvgIpc) is 2.35. The second kappa shape index (κ2) is 6.81. The molecule has 1 heterocycles. The van der Waals surface area contributed by atoms with E-state index in [1.54, 1.807) is 0 Å². The zero-order chi connectivity index (χ0) is 13.8. The van der Waals surface area contributed by atoms with Gasteiger partial charge in [0, 0.05) is 25.0 Å². The highest BCUT2D eigenvalue weighted by Gasteiger charge is 2.35. The molecule has 106 valence electrons. The highest BCUT2D eigenvalue weighted by molar-refractivity contribution is 6.11. The third-order valence-electron chi connectivity index (χ3n) is 4.88. The SMILES string of the molecule is [B]C1CCCC2C(=NCC)N(C(C)C)CCC2CC1. The van der Waals surface area contributed by atoms with Crippen LogP contribution in [0.5, 0.6) is 0 Å². The van der Waals surface area contributed by atoms with Crippen LogP contribution >= 0.6 is 0 Å². The van der Waals surface area contributed by atoms with Gasteiger partial charge in [-0.05, 0) is 39.5 Å². The maximum absolute atomic E-state index is 6.15. The van der Waals surface area contributed by atoms with Crippen LogP contribution in [-0.4, -0.2) is 37.7 Å². The van der Waals surface area contributed by atoms with Gasteiger partial charge in [0.15, 0.2) is 0 Å². The number of likely N-dealkylation sites (tertiary alicyclic amines) is 1. The van der Waals surface area contributed by atoms with Gasteiger partial charge in [-0.2, -0.15) is 0 Å². The van der Waals surface area contributed by atoms with Crippen LogP contribution in [0, 0.1) is 11.8 Å². The van der Waals surface area contributed by atoms with E-state index in [0.717, 1.165) is 12.5 Å². The number of piperidine rings is 1. The lowest BCUT2D eigenvalue weighted by Crippen LogP contribution is -2.49. The molecule has 0 bridgehead atoms. The summed E-state index contributed by atoms with van der Waals surface area (Å²) in [6.45, 7) is 8.86. The molecule has 0 aromatic heterocycles. The first-order valence-electron chi connectivity index (χ1n) is 8.20. The molecule has 0 aromatic carbocycles. The lowest BCUT2D eigenvalue weighted by atomic mass is 9.69. The Balaban J connectivity index is 2.15. The van der Waals surface area contributed by atoms with Crippen molar-refractivity contribution in [2.75, 3.05) is 13.1 Å². The Labute approximate surface area is 120 Å². The van der Waals surface area contributed by atoms with Gasteiger partial charge in [-0.1, -0.05) is 31.5 Å². The van der Waals surface area contributed by atoms with Crippen molar-refractivity contribution in [3.8, 4) is 0 Å². The molecule has 0 spiro atoms. The Hall–Kier alpha value is -0.465. The molecule has 1 saturated heterocycles. The first-order chi connectivity index (χ1) is 9.13. The zero-order valence-electron chi connectivity index (χ0n) is 12.9. The zero-order valence-corrected chi connectivity index (χ0v) is 12.9. The molecule has 3 heteroatoms. The molecule has 0 aromatic rings. The summed E-state index contributed by atoms with van der Waals surface area (Å²) >= 11 is 0. The number of nitrogens with zero attached hydrogens (tertiary/aromatic N) is 2. The molecule has 2 radical (unpaired) electrons. The smallest absolute Gasteiger partial charge is 0.102 e. The Morgan fingerprint density at radius 2 is 2.00 bits per heavy atom. The van der Waals surface area contributed by atoms with E-state index in [0.29, 0.717) is 17.8 Å². The number of hydrogen-bond donors (Lipinski definition) is 0. The Morgan fingerprint density at radius 3 is 2.68 bits per heavy atom. The average molecular weight is 260 g/mol. The van der Waals surface area contributed by atoms with Gasteiger partial charge in [-0.3, -0.25) is 4.99 Å². The summed E-state index contributed by atoms with van der Waals surface area (Å²) in [6.07, 6.45) is 7.61. The summed E-state index contributed by atoms with van der Waals surface area (Å²) in [6, 6.07) is 0.582. The van der Waals surface area contributed by atoms with Crippen LogP contribution in [0.2, 0.25) is 5.82 Å². The fourth-order valence-electron chi connectivity index (χ4n) is 3.82. The lowest BCUT2D eigenvalue weighted by molar-refractivity contribution is 0.197. The molecule has 2 fully saturated rings. The largest absolute Gasteiger partial charge is 0.358 e. The maximum Gasteiger partial charge on any atom is 0.102 e. The molecule has 1 aliphatic heterocycles. The molecule has 2 rings (SSSR count). The molecule has 1 aliphatic carbocycles. The van der Waals surface area contributed by atoms with Crippen molar-refractivity contribution in [1.82, 2.24) is 4.90 Å². The third-order valence-corrected chi connectivity index (χ3v) is 4.88. The van der Waals surface area contributed by atoms with E-state index in [1.807, 2.05) is 0 Å². The van der Waals surface area contributed by atoms with Gasteiger partial charge in [0.05, 0.1) is 7.85 Å². The first-order valence-corrected chi connectivity index (χ1v) is 8.20. The molecular formula is C16H29BN2. The molecule has 0 amide bonds. The summed E-state index contributed by atoms with van der Waals surface area (Å²) < 4.78 is 0. The van der Waals surface area contributed by atoms with Gasteiger partial charge in [-0.15, -0.1) is 0 Å². The molecule has 2 aliphatic rings. The van der Waals surface area contributed by atoms with E-state index >= 15 is 0 Å². The summed E-state index contributed by atoms with van der Waals surface area (Å²) in [5.41, 5.74) is 0. The van der Waals surface area contributed by atoms with E-state index in [4.69, 9.17) is 12.8 Å². The number of rotatable bonds is 2. The van der Waals surface area contributed by atoms with Gasteiger partial charge in [0.2, 0.25) is 0 Å². The number of hydrogen-bond acceptors (Lipinski definition) is 1. The van der Waals surface area contributed by atoms with E-state index in [9.17, 15) is 0 Å². The van der Waals surface area contributed by atoms with Crippen LogP contribution in [0.25, 0.3) is 0 Å². The summed E-state index contributed by atoms with van der Waals surface area (Å²) in [5, 5.41) is 0. The minimum atomic E-state index is 0.440. The van der Waals surface area contributed by atoms with Crippen LogP contribution in [0.3, 0.4) is 0 Å². The molecular weight excluding hydrogens is 231 g/mol. The van der Waals surface area contributed by atoms with Crippen LogP contribution in [-0.2, 0) is 0 Å². The summed E-state index contributed by atoms with van der Waals surface area (Å²) in [4.78, 5) is 7.42. The highest BCUT2D eigenvalue weighted by atomic mass is 15.2. The molecule has 19 heavy (non-hydrogen) atoms. The van der Waals surface area contributed by atoms with Crippen LogP contribution in [0.15, 0.2) is 4.99 Å². The molecule has 3 atom stereocenters. The van der Waals surface area contributed by atoms with Crippen molar-refractivity contribution < 1.29 is 0 Å². The van der Waals surface area contributed by atoms with E-state index in [-0.39, 0.29) is 0 Å². The first kappa shape index (κ1) is 14.9. The number of aliphatic imine (C=N–C) groups is 1. The quantitative estimate of drug-likeness (QED) is 0.692. The van der Waals surface area contributed by atoms with Crippen LogP contribution in [0.1, 0.15) is 59.3 Å². The number of amidine groups is 1. The van der Waals surface area contributed by atoms with Gasteiger partial charge in [0.25, 0.3) is 0 Å². The van der Waals surface area contributed by atoms with E-state index < -0.39 is 0 Å². The van der Waals surface area contributed by atoms with Crippen molar-refractivity contribution in [3.05, 3.63) is 0 Å². The second-order valence-electron chi connectivity index (χ2n) is 6.54. The standard InChI is InChI=1S/C16H29BN2/c1-4-18-16-15-7-5-6-14(17)9-8-13(15)10-11-19(16)12(2)3/h12-15H,4-11H2,1-3H3. The van der Waals surface area contributed by atoms with Gasteiger partial charge < -0.3 is 4.90 Å². The predicted molar refractivity (Wildman–Crippen MR) is 84.0 cm³/mol. The molecule has 2 nitrogen and oxygen atoms in total. The molecule has 0 N–H and O–H groups in total. The summed E-state index contributed by atoms with van der Waals surface area (Å²) in [5.74, 6) is 3.37. The second-order valence-corrected chi connectivity index (χ2v) is 6.54. The topological polar surface area (TPSA) is 15.6 Å². The van der Waals surface area contributed by atoms with Crippen LogP contribution in [0.4, 0.5) is 0 Å². The Kier molecular flexibility index (Phi) is 5.35. The van der Waals surface area contributed by atoms with Gasteiger partial charge in [-0.25, -0.2) is 0 Å². The fraction of sp³-hybridized carbons (Fsp3) is 0.938. The third kappa shape index (κ3) is 3.55. The van der Waals surface area contributed by atoms with E-state index in [2.05, 4.69) is 25.7 Å². The Bertz CT molecular complexity index is 314. The Morgan fingerprint density at radius 1 is 1.21 bits per heavy atom. The van der Waals surface area contributed by atoms with Gasteiger partial charge >= 0.3 is 0 Å². The van der Waals surface area contributed by atoms with Crippen molar-refractivity contribution >= 4 is 13.7 Å².